The molecule has 2 atom stereocenters. The number of carboxylic acids is 1. The first kappa shape index (κ1) is 22.9. The first-order valence-corrected chi connectivity index (χ1v) is 11.7. The highest BCUT2D eigenvalue weighted by molar-refractivity contribution is 8.01. The number of β-lactam (4-membered cyclic amide) rings is 1. The third-order valence-corrected chi connectivity index (χ3v) is 7.27. The largest absolute Gasteiger partial charge is 0.477 e. The van der Waals surface area contributed by atoms with E-state index in [0.29, 0.717) is 11.3 Å². The van der Waals surface area contributed by atoms with Crippen LogP contribution >= 0.6 is 34.9 Å². The van der Waals surface area contributed by atoms with E-state index >= 15 is 0 Å². The number of carboxylic acid groups (broad SMARTS) is 1. The summed E-state index contributed by atoms with van der Waals surface area (Å²) in [5.41, 5.74) is 11.1. The average molecular weight is 487 g/mol. The van der Waals surface area contributed by atoms with E-state index in [1.165, 1.54) is 36.0 Å². The standard InChI is InChI=1S/C16H18N6O6S3/c1-28-21-9(7-4-31-16(18)19-7)12(24)20-10-13(25)22-11(15(26)27)6(3-30-14(10)22)2-29-5-8(17)23/h4,10,14H,2-3,5H2,1H3,(H2,17,23)(H2,18,19)(H,20,24)(H,26,27)/b21-9-/t10-,14+/m1/s1. The molecule has 1 saturated heterocycles. The molecule has 0 saturated carbocycles. The third-order valence-electron chi connectivity index (χ3n) is 4.22. The number of aromatic nitrogens is 1. The summed E-state index contributed by atoms with van der Waals surface area (Å²) in [6.45, 7) is 0. The minimum Gasteiger partial charge on any atom is -0.477 e. The minimum absolute atomic E-state index is 0.0415. The Morgan fingerprint density at radius 1 is 1.48 bits per heavy atom. The van der Waals surface area contributed by atoms with E-state index in [2.05, 4.69) is 15.5 Å². The van der Waals surface area contributed by atoms with Crippen molar-refractivity contribution in [1.82, 2.24) is 15.2 Å². The van der Waals surface area contributed by atoms with Gasteiger partial charge in [-0.05, 0) is 5.57 Å². The van der Waals surface area contributed by atoms with Gasteiger partial charge < -0.3 is 26.7 Å². The number of nitrogens with two attached hydrogens (primary N) is 2. The van der Waals surface area contributed by atoms with Crippen molar-refractivity contribution in [3.63, 3.8) is 0 Å². The van der Waals surface area contributed by atoms with E-state index in [-0.39, 0.29) is 33.7 Å². The molecule has 1 aromatic rings. The van der Waals surface area contributed by atoms with Crippen LogP contribution in [-0.2, 0) is 24.0 Å². The maximum atomic E-state index is 12.7. The number of hydrogen-bond acceptors (Lipinski definition) is 11. The SMILES string of the molecule is CO/N=C(\C(=O)N[C@@H]1C(=O)N2C(C(=O)O)=C(CSCC(N)=O)CS[C@@H]12)c1csc(N)n1. The first-order valence-electron chi connectivity index (χ1n) is 8.64. The number of nitrogen functional groups attached to an aromatic ring is 1. The first-order chi connectivity index (χ1) is 14.7. The third kappa shape index (κ3) is 4.77. The molecule has 0 bridgehead atoms. The molecule has 166 valence electrons. The quantitative estimate of drug-likeness (QED) is 0.192. The van der Waals surface area contributed by atoms with Crippen molar-refractivity contribution in [3.05, 3.63) is 22.3 Å². The number of thiazole rings is 1. The Morgan fingerprint density at radius 2 is 2.23 bits per heavy atom. The van der Waals surface area contributed by atoms with E-state index in [1.807, 2.05) is 0 Å². The van der Waals surface area contributed by atoms with Crippen molar-refractivity contribution in [2.45, 2.75) is 11.4 Å². The summed E-state index contributed by atoms with van der Waals surface area (Å²) in [5, 5.41) is 17.0. The second-order valence-corrected chi connectivity index (χ2v) is 9.25. The van der Waals surface area contributed by atoms with E-state index in [9.17, 15) is 24.3 Å². The highest BCUT2D eigenvalue weighted by atomic mass is 32.2. The normalized spacial score (nSPS) is 20.7. The van der Waals surface area contributed by atoms with Crippen LogP contribution in [0.2, 0.25) is 0 Å². The molecule has 0 unspecified atom stereocenters. The van der Waals surface area contributed by atoms with Crippen molar-refractivity contribution in [2.24, 2.45) is 10.9 Å². The molecule has 2 aliphatic rings. The summed E-state index contributed by atoms with van der Waals surface area (Å²) >= 11 is 3.60. The zero-order valence-electron chi connectivity index (χ0n) is 16.1. The number of carbonyl (C=O) groups excluding carboxylic acids is 3. The molecular weight excluding hydrogens is 468 g/mol. The molecule has 0 aromatic carbocycles. The van der Waals surface area contributed by atoms with E-state index < -0.39 is 35.1 Å². The lowest BCUT2D eigenvalue weighted by Gasteiger charge is -2.49. The molecule has 2 aliphatic heterocycles. The molecule has 12 nitrogen and oxygen atoms in total. The van der Waals surface area contributed by atoms with Crippen LogP contribution in [0.4, 0.5) is 5.13 Å². The van der Waals surface area contributed by atoms with Crippen LogP contribution in [0.15, 0.2) is 21.8 Å². The van der Waals surface area contributed by atoms with Gasteiger partial charge in [0.15, 0.2) is 10.8 Å². The molecule has 15 heteroatoms. The number of aliphatic carboxylic acids is 1. The monoisotopic (exact) mass is 486 g/mol. The van der Waals surface area contributed by atoms with Crippen LogP contribution in [0.5, 0.6) is 0 Å². The Bertz CT molecular complexity index is 992. The summed E-state index contributed by atoms with van der Waals surface area (Å²) in [7, 11) is 1.26. The number of carbonyl (C=O) groups is 4. The van der Waals surface area contributed by atoms with Gasteiger partial charge in [0, 0.05) is 16.9 Å². The summed E-state index contributed by atoms with van der Waals surface area (Å²) in [6.07, 6.45) is 0. The number of nitrogens with zero attached hydrogens (tertiary/aromatic N) is 3. The van der Waals surface area contributed by atoms with Crippen molar-refractivity contribution >= 4 is 69.4 Å². The second-order valence-electron chi connectivity index (χ2n) is 6.27. The second kappa shape index (κ2) is 9.57. The number of primary amides is 1. The van der Waals surface area contributed by atoms with Gasteiger partial charge in [0.05, 0.1) is 5.75 Å². The topological polar surface area (TPSA) is 190 Å². The van der Waals surface area contributed by atoms with Crippen molar-refractivity contribution in [2.75, 3.05) is 30.1 Å². The molecule has 31 heavy (non-hydrogen) atoms. The molecule has 0 spiro atoms. The van der Waals surface area contributed by atoms with Crippen molar-refractivity contribution in [3.8, 4) is 0 Å². The Kier molecular flexibility index (Phi) is 7.07. The van der Waals surface area contributed by atoms with Gasteiger partial charge in [-0.15, -0.1) is 34.9 Å². The number of fused-ring (bicyclic) bond motifs is 1. The predicted octanol–water partition coefficient (Wildman–Crippen LogP) is -0.967. The highest BCUT2D eigenvalue weighted by Crippen LogP contribution is 2.41. The van der Waals surface area contributed by atoms with Gasteiger partial charge in [-0.1, -0.05) is 5.16 Å². The molecule has 6 N–H and O–H groups in total. The summed E-state index contributed by atoms with van der Waals surface area (Å²) in [4.78, 5) is 58.0. The van der Waals surface area contributed by atoms with Crippen molar-refractivity contribution in [1.29, 1.82) is 0 Å². The fraction of sp³-hybridized carbons (Fsp3) is 0.375. The zero-order chi connectivity index (χ0) is 22.7. The number of oxime groups is 1. The Balaban J connectivity index is 1.74. The summed E-state index contributed by atoms with van der Waals surface area (Å²) in [5.74, 6) is -2.40. The highest BCUT2D eigenvalue weighted by Gasteiger charge is 2.54. The van der Waals surface area contributed by atoms with Gasteiger partial charge in [-0.3, -0.25) is 19.3 Å². The molecule has 1 fully saturated rings. The number of thioether (sulfide) groups is 2. The number of rotatable bonds is 9. The maximum Gasteiger partial charge on any atom is 0.352 e. The molecule has 3 rings (SSSR count). The van der Waals surface area contributed by atoms with Crippen LogP contribution in [-0.4, -0.2) is 80.2 Å². The lowest BCUT2D eigenvalue weighted by atomic mass is 10.0. The number of hydrogen-bond donors (Lipinski definition) is 4. The van der Waals surface area contributed by atoms with Crippen molar-refractivity contribution < 1.29 is 29.1 Å². The Labute approximate surface area is 188 Å². The number of nitrogens with one attached hydrogen (secondary N) is 1. The average Bonchev–Trinajstić information content (AvgIpc) is 3.14. The van der Waals surface area contributed by atoms with E-state index in [1.54, 1.807) is 0 Å². The minimum atomic E-state index is -1.25. The van der Waals surface area contributed by atoms with Crippen LogP contribution in [0.25, 0.3) is 0 Å². The van der Waals surface area contributed by atoms with Crippen LogP contribution in [0, 0.1) is 0 Å². The molecule has 3 amide bonds. The lowest BCUT2D eigenvalue weighted by molar-refractivity contribution is -0.150. The van der Waals surface area contributed by atoms with Crippen LogP contribution in [0.1, 0.15) is 5.69 Å². The molecule has 0 radical (unpaired) electrons. The molecule has 3 heterocycles. The smallest absolute Gasteiger partial charge is 0.352 e. The van der Waals surface area contributed by atoms with Crippen LogP contribution in [0.3, 0.4) is 0 Å². The Morgan fingerprint density at radius 3 is 2.81 bits per heavy atom. The fourth-order valence-electron chi connectivity index (χ4n) is 2.97. The van der Waals surface area contributed by atoms with E-state index in [0.717, 1.165) is 16.2 Å². The number of anilines is 1. The summed E-state index contributed by atoms with van der Waals surface area (Å²) in [6, 6.07) is -0.940. The molecule has 0 aliphatic carbocycles. The Hall–Kier alpha value is -2.78. The van der Waals surface area contributed by atoms with Gasteiger partial charge in [0.25, 0.3) is 11.8 Å². The van der Waals surface area contributed by atoms with Gasteiger partial charge in [-0.2, -0.15) is 0 Å². The maximum absolute atomic E-state index is 12.7. The molecular formula is C16H18N6O6S3. The summed E-state index contributed by atoms with van der Waals surface area (Å²) < 4.78 is 0. The number of amides is 3. The van der Waals surface area contributed by atoms with Gasteiger partial charge in [-0.25, -0.2) is 9.78 Å². The van der Waals surface area contributed by atoms with Gasteiger partial charge in [0.1, 0.15) is 29.9 Å². The van der Waals surface area contributed by atoms with Gasteiger partial charge >= 0.3 is 5.97 Å². The lowest BCUT2D eigenvalue weighted by Crippen LogP contribution is -2.71. The predicted molar refractivity (Wildman–Crippen MR) is 116 cm³/mol. The zero-order valence-corrected chi connectivity index (χ0v) is 18.5. The van der Waals surface area contributed by atoms with Gasteiger partial charge in [0.2, 0.25) is 5.91 Å². The van der Waals surface area contributed by atoms with E-state index in [4.69, 9.17) is 16.3 Å². The fourth-order valence-corrected chi connectivity index (χ4v) is 5.78. The van der Waals surface area contributed by atoms with Crippen LogP contribution < -0.4 is 16.8 Å². The molecule has 1 aromatic heterocycles.